The summed E-state index contributed by atoms with van der Waals surface area (Å²) >= 11 is 0. The monoisotopic (exact) mass is 284 g/mol. The van der Waals surface area contributed by atoms with Crippen molar-refractivity contribution in [1.29, 1.82) is 0 Å². The van der Waals surface area contributed by atoms with E-state index in [0.717, 1.165) is 36.3 Å². The van der Waals surface area contributed by atoms with Crippen molar-refractivity contribution in [3.8, 4) is 0 Å². The molecule has 7 nitrogen and oxygen atoms in total. The molecule has 2 aromatic heterocycles. The van der Waals surface area contributed by atoms with Gasteiger partial charge in [-0.25, -0.2) is 19.9 Å². The molecule has 2 aromatic rings. The number of amides is 1. The third-order valence-electron chi connectivity index (χ3n) is 3.54. The van der Waals surface area contributed by atoms with Crippen molar-refractivity contribution < 1.29 is 4.79 Å². The zero-order valence-corrected chi connectivity index (χ0v) is 11.7. The molecule has 1 aliphatic carbocycles. The summed E-state index contributed by atoms with van der Waals surface area (Å²) in [6.45, 7) is 1.88. The van der Waals surface area contributed by atoms with Crippen LogP contribution in [0.2, 0.25) is 0 Å². The zero-order valence-electron chi connectivity index (χ0n) is 11.7. The van der Waals surface area contributed by atoms with E-state index in [2.05, 4.69) is 25.3 Å². The third-order valence-corrected chi connectivity index (χ3v) is 3.54. The molecule has 3 N–H and O–H groups in total. The third kappa shape index (κ3) is 2.67. The number of nitrogens with two attached hydrogens (primary N) is 1. The number of aryl methyl sites for hydroxylation is 2. The fourth-order valence-corrected chi connectivity index (χ4v) is 2.59. The number of fused-ring (bicyclic) bond motifs is 1. The lowest BCUT2D eigenvalue weighted by molar-refractivity contribution is 0.0996. The first-order chi connectivity index (χ1) is 10.1. The molecule has 21 heavy (non-hydrogen) atoms. The molecule has 0 radical (unpaired) electrons. The second kappa shape index (κ2) is 5.43. The minimum Gasteiger partial charge on any atom is -0.364 e. The highest BCUT2D eigenvalue weighted by Crippen LogP contribution is 2.31. The van der Waals surface area contributed by atoms with Crippen LogP contribution in [0, 0.1) is 6.92 Å². The van der Waals surface area contributed by atoms with Crippen molar-refractivity contribution in [3.63, 3.8) is 0 Å². The molecule has 0 bridgehead atoms. The number of primary amides is 1. The van der Waals surface area contributed by atoms with Gasteiger partial charge in [-0.15, -0.1) is 0 Å². The van der Waals surface area contributed by atoms with Crippen molar-refractivity contribution >= 4 is 11.7 Å². The zero-order chi connectivity index (χ0) is 14.8. The second-order valence-corrected chi connectivity index (χ2v) is 5.03. The molecular formula is C14H16N6O. The largest absolute Gasteiger partial charge is 0.364 e. The van der Waals surface area contributed by atoms with Crippen molar-refractivity contribution in [1.82, 2.24) is 19.9 Å². The van der Waals surface area contributed by atoms with Gasteiger partial charge in [0, 0.05) is 29.8 Å². The van der Waals surface area contributed by atoms with Gasteiger partial charge in [-0.1, -0.05) is 0 Å². The molecule has 1 amide bonds. The van der Waals surface area contributed by atoms with Crippen molar-refractivity contribution in [2.75, 3.05) is 5.32 Å². The lowest BCUT2D eigenvalue weighted by Crippen LogP contribution is -2.23. The van der Waals surface area contributed by atoms with Crippen molar-refractivity contribution in [2.24, 2.45) is 5.73 Å². The Bertz CT molecular complexity index is 687. The highest BCUT2D eigenvalue weighted by molar-refractivity contribution is 5.95. The standard InChI is InChI=1S/C14H16N6O/c1-8-18-7-9-10(19-8)3-2-4-11(9)20-14-12(13(15)21)16-5-6-17-14/h5-7,11H,2-4H2,1H3,(H2,15,21)(H,17,20). The van der Waals surface area contributed by atoms with Crippen LogP contribution in [0.3, 0.4) is 0 Å². The smallest absolute Gasteiger partial charge is 0.271 e. The van der Waals surface area contributed by atoms with E-state index in [1.165, 1.54) is 12.4 Å². The fraction of sp³-hybridized carbons (Fsp3) is 0.357. The van der Waals surface area contributed by atoms with Crippen LogP contribution in [-0.2, 0) is 6.42 Å². The Morgan fingerprint density at radius 3 is 2.95 bits per heavy atom. The van der Waals surface area contributed by atoms with Gasteiger partial charge >= 0.3 is 0 Å². The molecule has 2 heterocycles. The molecule has 7 heteroatoms. The van der Waals surface area contributed by atoms with E-state index in [4.69, 9.17) is 5.73 Å². The summed E-state index contributed by atoms with van der Waals surface area (Å²) in [5.41, 5.74) is 7.58. The Kier molecular flexibility index (Phi) is 3.47. The van der Waals surface area contributed by atoms with E-state index in [1.807, 2.05) is 13.1 Å². The van der Waals surface area contributed by atoms with Gasteiger partial charge in [0.25, 0.3) is 5.91 Å². The lowest BCUT2D eigenvalue weighted by Gasteiger charge is -2.26. The first kappa shape index (κ1) is 13.4. The number of hydrogen-bond acceptors (Lipinski definition) is 6. The van der Waals surface area contributed by atoms with E-state index in [-0.39, 0.29) is 11.7 Å². The number of hydrogen-bond donors (Lipinski definition) is 2. The quantitative estimate of drug-likeness (QED) is 0.876. The van der Waals surface area contributed by atoms with Gasteiger partial charge in [0.1, 0.15) is 5.82 Å². The Morgan fingerprint density at radius 1 is 1.33 bits per heavy atom. The molecule has 0 spiro atoms. The topological polar surface area (TPSA) is 107 Å². The first-order valence-electron chi connectivity index (χ1n) is 6.85. The summed E-state index contributed by atoms with van der Waals surface area (Å²) < 4.78 is 0. The maximum absolute atomic E-state index is 11.4. The number of nitrogens with one attached hydrogen (secondary N) is 1. The number of nitrogens with zero attached hydrogens (tertiary/aromatic N) is 4. The van der Waals surface area contributed by atoms with Crippen LogP contribution in [-0.4, -0.2) is 25.8 Å². The van der Waals surface area contributed by atoms with E-state index in [0.29, 0.717) is 5.82 Å². The summed E-state index contributed by atoms with van der Waals surface area (Å²) in [5.74, 6) is 0.581. The first-order valence-corrected chi connectivity index (χ1v) is 6.85. The molecule has 0 aromatic carbocycles. The van der Waals surface area contributed by atoms with Crippen LogP contribution in [0.15, 0.2) is 18.6 Å². The Labute approximate surface area is 122 Å². The highest BCUT2D eigenvalue weighted by Gasteiger charge is 2.23. The van der Waals surface area contributed by atoms with Crippen LogP contribution in [0.25, 0.3) is 0 Å². The van der Waals surface area contributed by atoms with Crippen LogP contribution in [0.4, 0.5) is 5.82 Å². The SMILES string of the molecule is Cc1ncc2c(n1)CCCC2Nc1nccnc1C(N)=O. The molecule has 3 rings (SSSR count). The molecule has 0 saturated carbocycles. The average Bonchev–Trinajstić information content (AvgIpc) is 2.47. The van der Waals surface area contributed by atoms with Gasteiger partial charge in [-0.05, 0) is 26.2 Å². The number of rotatable bonds is 3. The molecule has 1 atom stereocenters. The van der Waals surface area contributed by atoms with Crippen LogP contribution in [0.5, 0.6) is 0 Å². The van der Waals surface area contributed by atoms with E-state index in [1.54, 1.807) is 0 Å². The summed E-state index contributed by atoms with van der Waals surface area (Å²) in [6, 6.07) is 0.0177. The minimum absolute atomic E-state index is 0.0177. The van der Waals surface area contributed by atoms with E-state index in [9.17, 15) is 4.79 Å². The van der Waals surface area contributed by atoms with Gasteiger partial charge in [-0.2, -0.15) is 0 Å². The molecule has 0 aliphatic heterocycles. The molecule has 0 saturated heterocycles. The van der Waals surface area contributed by atoms with Crippen LogP contribution >= 0.6 is 0 Å². The van der Waals surface area contributed by atoms with Crippen molar-refractivity contribution in [2.45, 2.75) is 32.2 Å². The highest BCUT2D eigenvalue weighted by atomic mass is 16.1. The van der Waals surface area contributed by atoms with Gasteiger partial charge in [-0.3, -0.25) is 4.79 Å². The lowest BCUT2D eigenvalue weighted by atomic mass is 9.92. The van der Waals surface area contributed by atoms with Crippen molar-refractivity contribution in [3.05, 3.63) is 41.4 Å². The minimum atomic E-state index is -0.596. The Morgan fingerprint density at radius 2 is 2.14 bits per heavy atom. The molecule has 0 fully saturated rings. The van der Waals surface area contributed by atoms with Gasteiger partial charge in [0.15, 0.2) is 11.5 Å². The van der Waals surface area contributed by atoms with Crippen LogP contribution in [0.1, 0.15) is 46.5 Å². The molecule has 108 valence electrons. The summed E-state index contributed by atoms with van der Waals surface area (Å²) in [7, 11) is 0. The second-order valence-electron chi connectivity index (χ2n) is 5.03. The number of anilines is 1. The molecule has 1 unspecified atom stereocenters. The molecule has 1 aliphatic rings. The number of carbonyl (C=O) groups is 1. The molecular weight excluding hydrogens is 268 g/mol. The predicted molar refractivity (Wildman–Crippen MR) is 76.6 cm³/mol. The Balaban J connectivity index is 1.92. The number of aromatic nitrogens is 4. The predicted octanol–water partition coefficient (Wildman–Crippen LogP) is 1.16. The van der Waals surface area contributed by atoms with Crippen LogP contribution < -0.4 is 11.1 Å². The van der Waals surface area contributed by atoms with Gasteiger partial charge in [0.05, 0.1) is 6.04 Å². The summed E-state index contributed by atoms with van der Waals surface area (Å²) in [5, 5.41) is 3.25. The van der Waals surface area contributed by atoms with E-state index >= 15 is 0 Å². The normalized spacial score (nSPS) is 17.1. The van der Waals surface area contributed by atoms with Gasteiger partial charge < -0.3 is 11.1 Å². The summed E-state index contributed by atoms with van der Waals surface area (Å²) in [6.07, 6.45) is 7.72. The average molecular weight is 284 g/mol. The van der Waals surface area contributed by atoms with E-state index < -0.39 is 5.91 Å². The summed E-state index contributed by atoms with van der Waals surface area (Å²) in [4.78, 5) is 28.3. The maximum atomic E-state index is 11.4. The maximum Gasteiger partial charge on any atom is 0.271 e. The fourth-order valence-electron chi connectivity index (χ4n) is 2.59. The van der Waals surface area contributed by atoms with Gasteiger partial charge in [0.2, 0.25) is 0 Å². The Hall–Kier alpha value is -2.57. The number of carbonyl (C=O) groups excluding carboxylic acids is 1.